The van der Waals surface area contributed by atoms with Crippen molar-refractivity contribution in [3.05, 3.63) is 0 Å². The highest BCUT2D eigenvalue weighted by Crippen LogP contribution is 2.14. The third-order valence-electron chi connectivity index (χ3n) is 8.82. The molecule has 0 aromatic carbocycles. The number of unbranched alkanes of at least 4 members (excludes halogenated alkanes) is 18. The highest BCUT2D eigenvalue weighted by atomic mass is 16.7. The van der Waals surface area contributed by atoms with Crippen LogP contribution < -0.4 is 10.6 Å². The maximum absolute atomic E-state index is 11.8. The maximum atomic E-state index is 11.8. The van der Waals surface area contributed by atoms with Crippen LogP contribution in [0.4, 0.5) is 4.79 Å². The van der Waals surface area contributed by atoms with Crippen LogP contribution in [0.3, 0.4) is 0 Å². The lowest BCUT2D eigenvalue weighted by Gasteiger charge is -2.23. The number of rotatable bonds is 37. The van der Waals surface area contributed by atoms with Gasteiger partial charge in [-0.3, -0.25) is 4.79 Å². The van der Waals surface area contributed by atoms with Crippen molar-refractivity contribution in [2.45, 2.75) is 188 Å². The summed E-state index contributed by atoms with van der Waals surface area (Å²) >= 11 is 0. The standard InChI is InChI=1S/C39H79N3O5.2H2/c1-5-8-11-13-20-26-35-46-38(47-36-27-21-14-12-9-6-2)29-23-17-19-25-32-42(33-30-41-39(44)40-4)31-24-18-15-16-22-28-37(43)45-34-10-7-3;;/h38H,5-36H2,1-4H3,(H2,40,41,44);2*1H. The Morgan fingerprint density at radius 3 is 1.62 bits per heavy atom. The van der Waals surface area contributed by atoms with Crippen molar-refractivity contribution in [3.63, 3.8) is 0 Å². The molecule has 284 valence electrons. The summed E-state index contributed by atoms with van der Waals surface area (Å²) in [5, 5.41) is 5.57. The third kappa shape index (κ3) is 34.3. The normalized spacial score (nSPS) is 11.4. The first-order chi connectivity index (χ1) is 23.1. The Hall–Kier alpha value is -1.38. The average Bonchev–Trinajstić information content (AvgIpc) is 3.07. The van der Waals surface area contributed by atoms with Crippen LogP contribution in [0, 0.1) is 0 Å². The van der Waals surface area contributed by atoms with E-state index in [9.17, 15) is 9.59 Å². The second-order valence-electron chi connectivity index (χ2n) is 13.3. The van der Waals surface area contributed by atoms with Crippen molar-refractivity contribution in [2.24, 2.45) is 0 Å². The predicted octanol–water partition coefficient (Wildman–Crippen LogP) is 10.4. The third-order valence-corrected chi connectivity index (χ3v) is 8.82. The van der Waals surface area contributed by atoms with Crippen LogP contribution >= 0.6 is 0 Å². The molecule has 0 heterocycles. The minimum absolute atomic E-state index is 0. The SMILES string of the molecule is CCCCCCCCOC(CCCCCCN(CCCCCCCC(=O)OCCCC)CCNC(=O)NC)OCCCCCCCC.[HH].[HH]. The van der Waals surface area contributed by atoms with E-state index in [0.717, 1.165) is 97.1 Å². The Labute approximate surface area is 294 Å². The number of ether oxygens (including phenoxy) is 3. The van der Waals surface area contributed by atoms with Crippen molar-refractivity contribution in [1.82, 2.24) is 15.5 Å². The molecule has 8 heteroatoms. The first-order valence-corrected chi connectivity index (χ1v) is 20.1. The predicted molar refractivity (Wildman–Crippen MR) is 202 cm³/mol. The summed E-state index contributed by atoms with van der Waals surface area (Å²) in [6.45, 7) is 12.5. The fraction of sp³-hybridized carbons (Fsp3) is 0.949. The number of esters is 1. The molecule has 0 rings (SSSR count). The molecule has 0 aliphatic carbocycles. The number of amides is 2. The molecule has 0 aromatic rings. The van der Waals surface area contributed by atoms with Crippen molar-refractivity contribution < 1.29 is 26.7 Å². The van der Waals surface area contributed by atoms with E-state index in [-0.39, 0.29) is 21.1 Å². The molecular formula is C39H83N3O5. The highest BCUT2D eigenvalue weighted by molar-refractivity contribution is 5.73. The van der Waals surface area contributed by atoms with E-state index in [2.05, 4.69) is 36.3 Å². The van der Waals surface area contributed by atoms with E-state index in [1.165, 1.54) is 89.9 Å². The Kier molecular flexibility index (Phi) is 36.3. The van der Waals surface area contributed by atoms with Crippen LogP contribution in [0.25, 0.3) is 0 Å². The fourth-order valence-corrected chi connectivity index (χ4v) is 5.70. The summed E-state index contributed by atoms with van der Waals surface area (Å²) in [5.74, 6) is -0.0508. The second-order valence-corrected chi connectivity index (χ2v) is 13.3. The zero-order valence-electron chi connectivity index (χ0n) is 31.7. The van der Waals surface area contributed by atoms with Crippen LogP contribution in [0.15, 0.2) is 0 Å². The monoisotopic (exact) mass is 674 g/mol. The molecule has 2 N–H and O–H groups in total. The number of hydrogen-bond donors (Lipinski definition) is 2. The number of urea groups is 1. The first-order valence-electron chi connectivity index (χ1n) is 20.1. The quantitative estimate of drug-likeness (QED) is 0.0388. The molecule has 47 heavy (non-hydrogen) atoms. The summed E-state index contributed by atoms with van der Waals surface area (Å²) in [4.78, 5) is 25.9. The van der Waals surface area contributed by atoms with Gasteiger partial charge >= 0.3 is 12.0 Å². The highest BCUT2D eigenvalue weighted by Gasteiger charge is 2.11. The van der Waals surface area contributed by atoms with Gasteiger partial charge in [-0.15, -0.1) is 0 Å². The topological polar surface area (TPSA) is 89.1 Å². The molecule has 8 nitrogen and oxygen atoms in total. The summed E-state index contributed by atoms with van der Waals surface area (Å²) in [7, 11) is 1.65. The minimum atomic E-state index is -0.120. The largest absolute Gasteiger partial charge is 0.466 e. The number of carbonyl (C=O) groups excluding carboxylic acids is 2. The van der Waals surface area contributed by atoms with Crippen molar-refractivity contribution in [1.29, 1.82) is 0 Å². The molecule has 0 saturated heterocycles. The van der Waals surface area contributed by atoms with Gasteiger partial charge in [0.25, 0.3) is 0 Å². The van der Waals surface area contributed by atoms with Crippen LogP contribution in [-0.4, -0.2) is 76.2 Å². The fourth-order valence-electron chi connectivity index (χ4n) is 5.70. The smallest absolute Gasteiger partial charge is 0.314 e. The molecule has 0 bridgehead atoms. The molecule has 2 amide bonds. The van der Waals surface area contributed by atoms with Gasteiger partial charge in [-0.2, -0.15) is 0 Å². The van der Waals surface area contributed by atoms with Gasteiger partial charge in [0.2, 0.25) is 0 Å². The minimum Gasteiger partial charge on any atom is -0.466 e. The molecule has 0 saturated carbocycles. The first kappa shape index (κ1) is 45.6. The molecule has 0 atom stereocenters. The molecule has 0 fully saturated rings. The van der Waals surface area contributed by atoms with Gasteiger partial charge in [-0.25, -0.2) is 4.79 Å². The van der Waals surface area contributed by atoms with Crippen LogP contribution in [0.2, 0.25) is 0 Å². The van der Waals surface area contributed by atoms with E-state index in [1.807, 2.05) is 0 Å². The number of hydrogen-bond acceptors (Lipinski definition) is 6. The van der Waals surface area contributed by atoms with E-state index in [4.69, 9.17) is 14.2 Å². The Morgan fingerprint density at radius 2 is 1.06 bits per heavy atom. The molecule has 0 spiro atoms. The van der Waals surface area contributed by atoms with Crippen LogP contribution in [0.1, 0.15) is 184 Å². The summed E-state index contributed by atoms with van der Waals surface area (Å²) in [6.07, 6.45) is 29.0. The lowest BCUT2D eigenvalue weighted by Crippen LogP contribution is -2.39. The lowest BCUT2D eigenvalue weighted by molar-refractivity contribution is -0.148. The van der Waals surface area contributed by atoms with E-state index in [0.29, 0.717) is 19.6 Å². The number of nitrogens with one attached hydrogen (secondary N) is 2. The Morgan fingerprint density at radius 1 is 0.574 bits per heavy atom. The van der Waals surface area contributed by atoms with Gasteiger partial charge in [0.15, 0.2) is 6.29 Å². The summed E-state index contributed by atoms with van der Waals surface area (Å²) in [5.41, 5.74) is 0. The zero-order chi connectivity index (χ0) is 34.5. The van der Waals surface area contributed by atoms with Crippen molar-refractivity contribution >= 4 is 12.0 Å². The second kappa shape index (κ2) is 37.4. The molecule has 0 radical (unpaired) electrons. The Balaban J connectivity index is -0.0000106. The number of nitrogens with zero attached hydrogens (tertiary/aromatic N) is 1. The molecule has 0 aliphatic rings. The van der Waals surface area contributed by atoms with Crippen molar-refractivity contribution in [3.8, 4) is 0 Å². The van der Waals surface area contributed by atoms with E-state index in [1.54, 1.807) is 7.05 Å². The van der Waals surface area contributed by atoms with E-state index < -0.39 is 0 Å². The van der Waals surface area contributed by atoms with Gasteiger partial charge in [-0.1, -0.05) is 124 Å². The van der Waals surface area contributed by atoms with Gasteiger partial charge in [-0.05, 0) is 64.5 Å². The summed E-state index contributed by atoms with van der Waals surface area (Å²) in [6, 6.07) is -0.120. The van der Waals surface area contributed by atoms with Gasteiger partial charge in [0, 0.05) is 42.6 Å². The van der Waals surface area contributed by atoms with E-state index >= 15 is 0 Å². The van der Waals surface area contributed by atoms with Crippen molar-refractivity contribution in [2.75, 3.05) is 53.0 Å². The van der Waals surface area contributed by atoms with Gasteiger partial charge < -0.3 is 29.7 Å². The number of carbonyl (C=O) groups is 2. The molecule has 0 aliphatic heterocycles. The average molecular weight is 674 g/mol. The molecule has 0 unspecified atom stereocenters. The Bertz CT molecular complexity index is 661. The van der Waals surface area contributed by atoms with Gasteiger partial charge in [0.1, 0.15) is 0 Å². The molecular weight excluding hydrogens is 590 g/mol. The van der Waals surface area contributed by atoms with Crippen LogP contribution in [0.5, 0.6) is 0 Å². The van der Waals surface area contributed by atoms with Gasteiger partial charge in [0.05, 0.1) is 6.61 Å². The van der Waals surface area contributed by atoms with Crippen LogP contribution in [-0.2, 0) is 19.0 Å². The summed E-state index contributed by atoms with van der Waals surface area (Å²) < 4.78 is 17.7. The lowest BCUT2D eigenvalue weighted by atomic mass is 10.1. The maximum Gasteiger partial charge on any atom is 0.314 e. The zero-order valence-corrected chi connectivity index (χ0v) is 31.7. The molecule has 0 aromatic heterocycles.